The highest BCUT2D eigenvalue weighted by atomic mass is 16.1. The Bertz CT molecular complexity index is 1310. The predicted molar refractivity (Wildman–Crippen MR) is 96.5 cm³/mol. The van der Waals surface area contributed by atoms with Crippen LogP contribution in [0.4, 0.5) is 0 Å². The normalized spacial score (nSPS) is 11.4. The fourth-order valence-electron chi connectivity index (χ4n) is 3.04. The molecule has 0 saturated heterocycles. The third-order valence-corrected chi connectivity index (χ3v) is 4.34. The monoisotopic (exact) mass is 343 g/mol. The quantitative estimate of drug-likeness (QED) is 0.529. The summed E-state index contributed by atoms with van der Waals surface area (Å²) in [5, 5.41) is 11.1. The van der Waals surface area contributed by atoms with Crippen LogP contribution < -0.4 is 5.56 Å². The van der Waals surface area contributed by atoms with E-state index in [9.17, 15) is 4.79 Å². The standard InChI is InChI=1S/C18H13N7O/c1-24-16-6-5-11(8-15(16)22-23-24)14-9-17(26)25-18(21-14)12(10-20-25)13-4-2-3-7-19-13/h2-10,20H,1H3. The lowest BCUT2D eigenvalue weighted by Crippen LogP contribution is -2.14. The number of H-pyrrole nitrogens is 1. The van der Waals surface area contributed by atoms with E-state index < -0.39 is 0 Å². The summed E-state index contributed by atoms with van der Waals surface area (Å²) in [6.07, 6.45) is 3.45. The van der Waals surface area contributed by atoms with Crippen molar-refractivity contribution in [3.63, 3.8) is 0 Å². The second-order valence-electron chi connectivity index (χ2n) is 5.96. The largest absolute Gasteiger partial charge is 0.296 e. The van der Waals surface area contributed by atoms with Crippen LogP contribution in [-0.2, 0) is 7.05 Å². The number of hydrogen-bond acceptors (Lipinski definition) is 5. The molecule has 4 heterocycles. The highest BCUT2D eigenvalue weighted by molar-refractivity contribution is 5.82. The number of nitrogens with zero attached hydrogens (tertiary/aromatic N) is 6. The SMILES string of the molecule is Cn1nnc2cc(-c3cc(=O)n4[nH]cc(-c5ccccn5)c4n3)ccc21. The molecule has 0 unspecified atom stereocenters. The zero-order chi connectivity index (χ0) is 17.7. The molecule has 0 fully saturated rings. The van der Waals surface area contributed by atoms with Crippen molar-refractivity contribution in [2.24, 2.45) is 7.05 Å². The van der Waals surface area contributed by atoms with Crippen molar-refractivity contribution in [3.05, 3.63) is 65.2 Å². The summed E-state index contributed by atoms with van der Waals surface area (Å²) >= 11 is 0. The van der Waals surface area contributed by atoms with Crippen LogP contribution in [0.15, 0.2) is 59.7 Å². The van der Waals surface area contributed by atoms with Gasteiger partial charge in [0.1, 0.15) is 5.52 Å². The van der Waals surface area contributed by atoms with E-state index in [2.05, 4.69) is 20.4 Å². The zero-order valence-electron chi connectivity index (χ0n) is 13.8. The van der Waals surface area contributed by atoms with Crippen LogP contribution >= 0.6 is 0 Å². The molecular weight excluding hydrogens is 330 g/mol. The molecule has 0 aliphatic carbocycles. The number of aromatic nitrogens is 7. The number of aryl methyl sites for hydroxylation is 1. The minimum absolute atomic E-state index is 0.188. The fourth-order valence-corrected chi connectivity index (χ4v) is 3.04. The molecule has 5 rings (SSSR count). The van der Waals surface area contributed by atoms with Crippen molar-refractivity contribution >= 4 is 16.7 Å². The van der Waals surface area contributed by atoms with Crippen LogP contribution in [0.1, 0.15) is 0 Å². The summed E-state index contributed by atoms with van der Waals surface area (Å²) < 4.78 is 3.12. The van der Waals surface area contributed by atoms with E-state index in [1.807, 2.05) is 43.4 Å². The van der Waals surface area contributed by atoms with Crippen LogP contribution in [0, 0.1) is 0 Å². The van der Waals surface area contributed by atoms with Gasteiger partial charge in [-0.05, 0) is 24.3 Å². The Hall–Kier alpha value is -3.81. The van der Waals surface area contributed by atoms with Gasteiger partial charge in [-0.3, -0.25) is 14.9 Å². The lowest BCUT2D eigenvalue weighted by Gasteiger charge is -2.03. The highest BCUT2D eigenvalue weighted by Gasteiger charge is 2.13. The Morgan fingerprint density at radius 3 is 2.85 bits per heavy atom. The average Bonchev–Trinajstić information content (AvgIpc) is 3.26. The first-order valence-corrected chi connectivity index (χ1v) is 8.03. The summed E-state index contributed by atoms with van der Waals surface area (Å²) in [6, 6.07) is 12.8. The molecule has 126 valence electrons. The molecule has 0 spiro atoms. The van der Waals surface area contributed by atoms with Gasteiger partial charge in [-0.1, -0.05) is 17.3 Å². The van der Waals surface area contributed by atoms with Crippen molar-refractivity contribution in [2.75, 3.05) is 0 Å². The molecule has 4 aromatic heterocycles. The maximum Gasteiger partial charge on any atom is 0.273 e. The van der Waals surface area contributed by atoms with Gasteiger partial charge in [0.15, 0.2) is 5.65 Å². The Kier molecular flexibility index (Phi) is 2.99. The Morgan fingerprint density at radius 2 is 2.00 bits per heavy atom. The number of rotatable bonds is 2. The van der Waals surface area contributed by atoms with E-state index in [4.69, 9.17) is 4.98 Å². The molecule has 1 N–H and O–H groups in total. The molecule has 0 aliphatic heterocycles. The van der Waals surface area contributed by atoms with Crippen LogP contribution in [0.5, 0.6) is 0 Å². The van der Waals surface area contributed by atoms with Gasteiger partial charge in [-0.15, -0.1) is 5.10 Å². The van der Waals surface area contributed by atoms with E-state index in [1.54, 1.807) is 17.1 Å². The maximum atomic E-state index is 12.5. The van der Waals surface area contributed by atoms with Gasteiger partial charge in [-0.2, -0.15) is 0 Å². The van der Waals surface area contributed by atoms with Gasteiger partial charge in [0.2, 0.25) is 0 Å². The van der Waals surface area contributed by atoms with Crippen molar-refractivity contribution in [3.8, 4) is 22.5 Å². The Morgan fingerprint density at radius 1 is 1.08 bits per heavy atom. The van der Waals surface area contributed by atoms with Crippen LogP contribution in [0.3, 0.4) is 0 Å². The van der Waals surface area contributed by atoms with Crippen molar-refractivity contribution < 1.29 is 0 Å². The molecule has 1 aromatic carbocycles. The summed E-state index contributed by atoms with van der Waals surface area (Å²) in [5.74, 6) is 0. The molecule has 26 heavy (non-hydrogen) atoms. The number of hydrogen-bond donors (Lipinski definition) is 1. The molecule has 0 saturated carbocycles. The van der Waals surface area contributed by atoms with Crippen LogP contribution in [-0.4, -0.2) is 34.6 Å². The minimum atomic E-state index is -0.188. The van der Waals surface area contributed by atoms with Gasteiger partial charge < -0.3 is 0 Å². The Labute approximate surface area is 146 Å². The average molecular weight is 343 g/mol. The number of nitrogens with one attached hydrogen (secondary N) is 1. The summed E-state index contributed by atoms with van der Waals surface area (Å²) in [7, 11) is 1.84. The summed E-state index contributed by atoms with van der Waals surface area (Å²) in [5.41, 5.74) is 4.93. The van der Waals surface area contributed by atoms with Crippen molar-refractivity contribution in [2.45, 2.75) is 0 Å². The lowest BCUT2D eigenvalue weighted by molar-refractivity contribution is 0.736. The summed E-state index contributed by atoms with van der Waals surface area (Å²) in [6.45, 7) is 0. The van der Waals surface area contributed by atoms with E-state index in [0.29, 0.717) is 11.3 Å². The third-order valence-electron chi connectivity index (χ3n) is 4.34. The predicted octanol–water partition coefficient (Wildman–Crippen LogP) is 2.03. The fraction of sp³-hybridized carbons (Fsp3) is 0.0556. The highest BCUT2D eigenvalue weighted by Crippen LogP contribution is 2.24. The van der Waals surface area contributed by atoms with Crippen molar-refractivity contribution in [1.29, 1.82) is 0 Å². The van der Waals surface area contributed by atoms with E-state index in [1.165, 1.54) is 10.6 Å². The number of benzene rings is 1. The first-order valence-electron chi connectivity index (χ1n) is 8.03. The summed E-state index contributed by atoms with van der Waals surface area (Å²) in [4.78, 5) is 21.6. The molecule has 8 nitrogen and oxygen atoms in total. The second-order valence-corrected chi connectivity index (χ2v) is 5.96. The molecular formula is C18H13N7O. The zero-order valence-corrected chi connectivity index (χ0v) is 13.8. The second kappa shape index (κ2) is 5.35. The van der Waals surface area contributed by atoms with Crippen LogP contribution in [0.2, 0.25) is 0 Å². The smallest absolute Gasteiger partial charge is 0.273 e. The van der Waals surface area contributed by atoms with Gasteiger partial charge in [0, 0.05) is 31.1 Å². The van der Waals surface area contributed by atoms with Crippen LogP contribution in [0.25, 0.3) is 39.2 Å². The molecule has 0 amide bonds. The molecule has 0 atom stereocenters. The maximum absolute atomic E-state index is 12.5. The third kappa shape index (κ3) is 2.12. The lowest BCUT2D eigenvalue weighted by atomic mass is 10.1. The first kappa shape index (κ1) is 14.5. The van der Waals surface area contributed by atoms with Gasteiger partial charge in [0.05, 0.1) is 22.5 Å². The number of fused-ring (bicyclic) bond motifs is 2. The van der Waals surface area contributed by atoms with E-state index >= 15 is 0 Å². The van der Waals surface area contributed by atoms with Gasteiger partial charge in [0.25, 0.3) is 5.56 Å². The molecule has 8 heteroatoms. The number of aromatic amines is 1. The van der Waals surface area contributed by atoms with E-state index in [-0.39, 0.29) is 5.56 Å². The number of pyridine rings is 1. The molecule has 0 aliphatic rings. The first-order chi connectivity index (χ1) is 12.7. The van der Waals surface area contributed by atoms with E-state index in [0.717, 1.165) is 27.9 Å². The topological polar surface area (TPSA) is 93.8 Å². The van der Waals surface area contributed by atoms with Gasteiger partial charge >= 0.3 is 0 Å². The van der Waals surface area contributed by atoms with Gasteiger partial charge in [-0.25, -0.2) is 14.2 Å². The molecule has 5 aromatic rings. The molecule has 0 bridgehead atoms. The van der Waals surface area contributed by atoms with Crippen molar-refractivity contribution in [1.82, 2.24) is 34.6 Å². The minimum Gasteiger partial charge on any atom is -0.296 e. The molecule has 0 radical (unpaired) electrons. The Balaban J connectivity index is 1.74.